The van der Waals surface area contributed by atoms with Gasteiger partial charge < -0.3 is 22.0 Å². The SMILES string of the molecule is CCCCCCCCCCOC(=O)c1ccc(CCCC)c([N+]#N)c1.F[B-](F)(F)F. The number of diazo groups is 1. The van der Waals surface area contributed by atoms with Crippen molar-refractivity contribution in [2.24, 2.45) is 0 Å². The van der Waals surface area contributed by atoms with Gasteiger partial charge in [-0.05, 0) is 25.3 Å². The van der Waals surface area contributed by atoms with Gasteiger partial charge in [0.2, 0.25) is 5.39 Å². The van der Waals surface area contributed by atoms with Crippen molar-refractivity contribution in [3.05, 3.63) is 34.3 Å². The molecular weight excluding hydrogens is 399 g/mol. The third-order valence-electron chi connectivity index (χ3n) is 4.46. The molecule has 0 atom stereocenters. The molecule has 0 amide bonds. The van der Waals surface area contributed by atoms with E-state index in [4.69, 9.17) is 10.1 Å². The molecular formula is C21H33BF4N2O2. The van der Waals surface area contributed by atoms with E-state index in [0.717, 1.165) is 37.7 Å². The van der Waals surface area contributed by atoms with Gasteiger partial charge in [0.25, 0.3) is 0 Å². The molecule has 0 heterocycles. The monoisotopic (exact) mass is 432 g/mol. The molecule has 0 aliphatic heterocycles. The Kier molecular flexibility index (Phi) is 15.5. The van der Waals surface area contributed by atoms with Crippen LogP contribution in [0.5, 0.6) is 0 Å². The summed E-state index contributed by atoms with van der Waals surface area (Å²) in [5.41, 5.74) is 1.88. The van der Waals surface area contributed by atoms with Gasteiger partial charge in [-0.15, -0.1) is 0 Å². The number of ether oxygens (including phenoxy) is 1. The number of esters is 1. The minimum atomic E-state index is -6.00. The molecule has 0 unspecified atom stereocenters. The van der Waals surface area contributed by atoms with Crippen molar-refractivity contribution >= 4 is 18.9 Å². The van der Waals surface area contributed by atoms with Crippen LogP contribution in [-0.2, 0) is 11.2 Å². The number of carbonyl (C=O) groups is 1. The van der Waals surface area contributed by atoms with Gasteiger partial charge in [-0.2, -0.15) is 0 Å². The van der Waals surface area contributed by atoms with Crippen LogP contribution in [0.25, 0.3) is 4.98 Å². The molecule has 0 saturated carbocycles. The molecule has 0 aromatic heterocycles. The molecule has 1 aromatic carbocycles. The highest BCUT2D eigenvalue weighted by atomic mass is 19.5. The first kappa shape index (κ1) is 27.9. The van der Waals surface area contributed by atoms with Gasteiger partial charge in [-0.3, -0.25) is 0 Å². The zero-order valence-electron chi connectivity index (χ0n) is 18.0. The standard InChI is InChI=1S/C21H33N2O2.BF4/c1-3-5-7-8-9-10-11-12-16-25-21(24)19-15-14-18(13-6-4-2)20(17-19)23-22;2-1(3,4)5/h14-15,17H,3-13,16H2,1-2H3;/q+1;-1. The lowest BCUT2D eigenvalue weighted by Crippen LogP contribution is -2.06. The summed E-state index contributed by atoms with van der Waals surface area (Å²) < 4.78 is 44.3. The maximum absolute atomic E-state index is 12.1. The molecule has 30 heavy (non-hydrogen) atoms. The van der Waals surface area contributed by atoms with Crippen LogP contribution >= 0.6 is 0 Å². The smallest absolute Gasteiger partial charge is 0.462 e. The Balaban J connectivity index is 0.00000150. The number of halogens is 4. The number of rotatable bonds is 13. The summed E-state index contributed by atoms with van der Waals surface area (Å²) in [7, 11) is -6.00. The molecule has 4 nitrogen and oxygen atoms in total. The van der Waals surface area contributed by atoms with Crippen molar-refractivity contribution in [3.8, 4) is 0 Å². The lowest BCUT2D eigenvalue weighted by molar-refractivity contribution is 0.0497. The second kappa shape index (κ2) is 16.7. The largest absolute Gasteiger partial charge is 0.673 e. The van der Waals surface area contributed by atoms with Gasteiger partial charge in [0.1, 0.15) is 0 Å². The predicted octanol–water partition coefficient (Wildman–Crippen LogP) is 8.11. The average molecular weight is 432 g/mol. The van der Waals surface area contributed by atoms with Gasteiger partial charge in [0.05, 0.1) is 12.2 Å². The summed E-state index contributed by atoms with van der Waals surface area (Å²) in [5.74, 6) is -0.338. The van der Waals surface area contributed by atoms with E-state index in [-0.39, 0.29) is 5.97 Å². The minimum absolute atomic E-state index is 0.338. The Labute approximate surface area is 177 Å². The maximum Gasteiger partial charge on any atom is 0.673 e. The Hall–Kier alpha value is -2.11. The average Bonchev–Trinajstić information content (AvgIpc) is 2.69. The van der Waals surface area contributed by atoms with Crippen LogP contribution < -0.4 is 0 Å². The van der Waals surface area contributed by atoms with Crippen LogP contribution in [0.4, 0.5) is 23.0 Å². The summed E-state index contributed by atoms with van der Waals surface area (Å²) >= 11 is 0. The molecule has 0 aliphatic rings. The highest BCUT2D eigenvalue weighted by Crippen LogP contribution is 2.23. The number of hydrogen-bond acceptors (Lipinski definition) is 3. The summed E-state index contributed by atoms with van der Waals surface area (Å²) in [6.45, 7) is 4.80. The van der Waals surface area contributed by atoms with Crippen LogP contribution in [0.3, 0.4) is 0 Å². The van der Waals surface area contributed by atoms with Crippen LogP contribution in [0.1, 0.15) is 94.0 Å². The fraction of sp³-hybridized carbons (Fsp3) is 0.667. The van der Waals surface area contributed by atoms with Crippen LogP contribution in [0, 0.1) is 5.39 Å². The van der Waals surface area contributed by atoms with Gasteiger partial charge in [0.15, 0.2) is 4.98 Å². The Bertz CT molecular complexity index is 643. The van der Waals surface area contributed by atoms with E-state index >= 15 is 0 Å². The Morgan fingerprint density at radius 3 is 2.00 bits per heavy atom. The van der Waals surface area contributed by atoms with Crippen molar-refractivity contribution in [2.45, 2.75) is 84.5 Å². The summed E-state index contributed by atoms with van der Waals surface area (Å²) in [6, 6.07) is 5.23. The normalized spacial score (nSPS) is 10.7. The van der Waals surface area contributed by atoms with Gasteiger partial charge in [0, 0.05) is 11.6 Å². The maximum atomic E-state index is 12.1. The van der Waals surface area contributed by atoms with Gasteiger partial charge >= 0.3 is 18.9 Å². The summed E-state index contributed by atoms with van der Waals surface area (Å²) in [4.78, 5) is 15.4. The quantitative estimate of drug-likeness (QED) is 0.104. The molecule has 9 heteroatoms. The van der Waals surface area contributed by atoms with E-state index in [2.05, 4.69) is 18.8 Å². The lowest BCUT2D eigenvalue weighted by atomic mass is 10.0. The number of aryl methyl sites for hydroxylation is 1. The molecule has 0 aliphatic carbocycles. The molecule has 0 fully saturated rings. The molecule has 170 valence electrons. The zero-order chi connectivity index (χ0) is 22.8. The lowest BCUT2D eigenvalue weighted by Gasteiger charge is -2.05. The molecule has 0 saturated heterocycles. The first-order valence-electron chi connectivity index (χ1n) is 10.7. The summed E-state index contributed by atoms with van der Waals surface area (Å²) in [5, 5.41) is 9.15. The first-order chi connectivity index (χ1) is 14.2. The molecule has 1 aromatic rings. The number of benzene rings is 1. The van der Waals surface area contributed by atoms with Crippen LogP contribution in [0.2, 0.25) is 0 Å². The van der Waals surface area contributed by atoms with Crippen LogP contribution in [-0.4, -0.2) is 19.8 Å². The third-order valence-corrected chi connectivity index (χ3v) is 4.46. The van der Waals surface area contributed by atoms with E-state index in [0.29, 0.717) is 17.9 Å². The minimum Gasteiger partial charge on any atom is -0.462 e. The van der Waals surface area contributed by atoms with Gasteiger partial charge in [-0.1, -0.05) is 71.3 Å². The van der Waals surface area contributed by atoms with E-state index in [1.54, 1.807) is 12.1 Å². The zero-order valence-corrected chi connectivity index (χ0v) is 18.0. The fourth-order valence-electron chi connectivity index (χ4n) is 2.85. The van der Waals surface area contributed by atoms with Gasteiger partial charge in [-0.25, -0.2) is 4.79 Å². The van der Waals surface area contributed by atoms with Crippen molar-refractivity contribution in [1.29, 1.82) is 5.39 Å². The fourth-order valence-corrected chi connectivity index (χ4v) is 2.85. The van der Waals surface area contributed by atoms with Crippen molar-refractivity contribution in [3.63, 3.8) is 0 Å². The number of nitrogens with zero attached hydrogens (tertiary/aromatic N) is 2. The van der Waals surface area contributed by atoms with E-state index in [1.807, 2.05) is 6.07 Å². The highest BCUT2D eigenvalue weighted by Gasteiger charge is 2.20. The highest BCUT2D eigenvalue weighted by molar-refractivity contribution is 6.50. The topological polar surface area (TPSA) is 54.5 Å². The molecule has 1 rings (SSSR count). The third kappa shape index (κ3) is 15.8. The number of carbonyl (C=O) groups excluding carboxylic acids is 1. The molecule has 0 bridgehead atoms. The second-order valence-corrected chi connectivity index (χ2v) is 7.15. The number of unbranched alkanes of at least 4 members (excludes halogenated alkanes) is 8. The molecule has 0 spiro atoms. The predicted molar refractivity (Wildman–Crippen MR) is 113 cm³/mol. The van der Waals surface area contributed by atoms with Crippen molar-refractivity contribution in [1.82, 2.24) is 0 Å². The Morgan fingerprint density at radius 1 is 0.933 bits per heavy atom. The van der Waals surface area contributed by atoms with E-state index in [9.17, 15) is 22.1 Å². The van der Waals surface area contributed by atoms with E-state index < -0.39 is 7.25 Å². The molecule has 0 radical (unpaired) electrons. The Morgan fingerprint density at radius 2 is 1.47 bits per heavy atom. The van der Waals surface area contributed by atoms with Crippen LogP contribution in [0.15, 0.2) is 18.2 Å². The van der Waals surface area contributed by atoms with Crippen molar-refractivity contribution < 1.29 is 26.8 Å². The molecule has 0 N–H and O–H groups in total. The second-order valence-electron chi connectivity index (χ2n) is 7.15. The summed E-state index contributed by atoms with van der Waals surface area (Å²) in [6.07, 6.45) is 12.7. The number of hydrogen-bond donors (Lipinski definition) is 0. The van der Waals surface area contributed by atoms with Crippen molar-refractivity contribution in [2.75, 3.05) is 6.61 Å². The van der Waals surface area contributed by atoms with E-state index in [1.165, 1.54) is 38.5 Å². The first-order valence-corrected chi connectivity index (χ1v) is 10.7.